The van der Waals surface area contributed by atoms with Crippen LogP contribution in [0.3, 0.4) is 0 Å². The van der Waals surface area contributed by atoms with E-state index < -0.39 is 20.2 Å². The van der Waals surface area contributed by atoms with Gasteiger partial charge in [-0.05, 0) is 131 Å². The molecular weight excluding hydrogens is 690 g/mol. The SMILES string of the molecule is Cc1cc(S(=O)(=O)[O-])c2c(c1OS(=O)(=O)c1cc(I)cc(I)c1C1CCCCC1)CCCC2. The van der Waals surface area contributed by atoms with Gasteiger partial charge >= 0.3 is 10.1 Å². The molecule has 0 amide bonds. The molecule has 2 aliphatic carbocycles. The first-order valence-electron chi connectivity index (χ1n) is 11.0. The third-order valence-corrected chi connectivity index (χ3v) is 10.2. The smallest absolute Gasteiger partial charge is 0.339 e. The molecule has 2 aromatic rings. The van der Waals surface area contributed by atoms with E-state index in [2.05, 4.69) is 45.2 Å². The molecule has 2 aromatic carbocycles. The predicted octanol–water partition coefficient (Wildman–Crippen LogP) is 5.80. The summed E-state index contributed by atoms with van der Waals surface area (Å²) in [5.74, 6) is 0.333. The molecule has 6 nitrogen and oxygen atoms in total. The van der Waals surface area contributed by atoms with Crippen LogP contribution in [-0.4, -0.2) is 21.4 Å². The first-order valence-corrected chi connectivity index (χ1v) is 16.0. The van der Waals surface area contributed by atoms with Crippen LogP contribution >= 0.6 is 45.2 Å². The Balaban J connectivity index is 1.84. The Kier molecular flexibility index (Phi) is 7.70. The van der Waals surface area contributed by atoms with Gasteiger partial charge in [-0.1, -0.05) is 19.3 Å². The van der Waals surface area contributed by atoms with E-state index in [1.165, 1.54) is 6.07 Å². The minimum absolute atomic E-state index is 0.166. The maximum Gasteiger partial charge on any atom is 0.339 e. The summed E-state index contributed by atoms with van der Waals surface area (Å²) in [7, 11) is -8.85. The summed E-state index contributed by atoms with van der Waals surface area (Å²) in [6.07, 6.45) is 7.62. The number of hydrogen-bond donors (Lipinski definition) is 0. The zero-order chi connectivity index (χ0) is 24.0. The van der Waals surface area contributed by atoms with E-state index in [1.54, 1.807) is 13.0 Å². The molecule has 0 N–H and O–H groups in total. The van der Waals surface area contributed by atoms with E-state index >= 15 is 0 Å². The van der Waals surface area contributed by atoms with Gasteiger partial charge in [-0.2, -0.15) is 8.42 Å². The molecule has 0 unspecified atom stereocenters. The van der Waals surface area contributed by atoms with Gasteiger partial charge in [-0.25, -0.2) is 8.42 Å². The Morgan fingerprint density at radius 2 is 1.52 bits per heavy atom. The van der Waals surface area contributed by atoms with Crippen LogP contribution in [0.5, 0.6) is 5.75 Å². The zero-order valence-corrected chi connectivity index (χ0v) is 24.1. The normalized spacial score (nSPS) is 17.6. The van der Waals surface area contributed by atoms with E-state index in [9.17, 15) is 21.4 Å². The number of aryl methyl sites for hydroxylation is 1. The lowest BCUT2D eigenvalue weighted by molar-refractivity contribution is 0.432. The highest BCUT2D eigenvalue weighted by atomic mass is 127. The fourth-order valence-electron chi connectivity index (χ4n) is 5.06. The predicted molar refractivity (Wildman–Crippen MR) is 141 cm³/mol. The molecule has 180 valence electrons. The van der Waals surface area contributed by atoms with Gasteiger partial charge in [0.25, 0.3) is 0 Å². The third kappa shape index (κ3) is 5.39. The van der Waals surface area contributed by atoms with Crippen molar-refractivity contribution in [2.24, 2.45) is 0 Å². The Labute approximate surface area is 223 Å². The molecule has 2 aliphatic rings. The van der Waals surface area contributed by atoms with Crippen LogP contribution in [0.1, 0.15) is 73.1 Å². The molecule has 0 bridgehead atoms. The van der Waals surface area contributed by atoms with Crippen LogP contribution in [0, 0.1) is 14.1 Å². The van der Waals surface area contributed by atoms with Crippen molar-refractivity contribution < 1.29 is 25.6 Å². The zero-order valence-electron chi connectivity index (χ0n) is 18.2. The number of fused-ring (bicyclic) bond motifs is 1. The van der Waals surface area contributed by atoms with Gasteiger partial charge in [-0.3, -0.25) is 0 Å². The van der Waals surface area contributed by atoms with Gasteiger partial charge in [-0.15, -0.1) is 0 Å². The fourth-order valence-corrected chi connectivity index (χ4v) is 9.95. The van der Waals surface area contributed by atoms with E-state index in [0.29, 0.717) is 29.5 Å². The van der Waals surface area contributed by atoms with Crippen molar-refractivity contribution in [1.29, 1.82) is 0 Å². The molecule has 4 rings (SSSR count). The fraction of sp³-hybridized carbons (Fsp3) is 0.478. The van der Waals surface area contributed by atoms with Gasteiger partial charge in [0.1, 0.15) is 20.8 Å². The van der Waals surface area contributed by atoms with Crippen LogP contribution < -0.4 is 4.18 Å². The van der Waals surface area contributed by atoms with Crippen molar-refractivity contribution in [1.82, 2.24) is 0 Å². The monoisotopic (exact) mass is 715 g/mol. The first-order chi connectivity index (χ1) is 15.5. The summed E-state index contributed by atoms with van der Waals surface area (Å²) >= 11 is 4.33. The molecule has 0 spiro atoms. The minimum atomic E-state index is -4.67. The number of benzene rings is 2. The van der Waals surface area contributed by atoms with Crippen LogP contribution in [-0.2, 0) is 33.1 Å². The lowest BCUT2D eigenvalue weighted by Gasteiger charge is -2.27. The minimum Gasteiger partial charge on any atom is -0.744 e. The van der Waals surface area contributed by atoms with E-state index in [1.807, 2.05) is 6.07 Å². The van der Waals surface area contributed by atoms with Crippen molar-refractivity contribution in [3.63, 3.8) is 0 Å². The Morgan fingerprint density at radius 3 is 2.15 bits per heavy atom. The lowest BCUT2D eigenvalue weighted by atomic mass is 9.84. The molecule has 1 fully saturated rings. The summed E-state index contributed by atoms with van der Waals surface area (Å²) in [6.45, 7) is 1.59. The summed E-state index contributed by atoms with van der Waals surface area (Å²) in [5.41, 5.74) is 2.09. The molecule has 10 heteroatoms. The number of halogens is 2. The van der Waals surface area contributed by atoms with Gasteiger partial charge in [0.2, 0.25) is 0 Å². The quantitative estimate of drug-likeness (QED) is 0.221. The summed E-state index contributed by atoms with van der Waals surface area (Å²) in [5, 5.41) is 0. The average Bonchev–Trinajstić information content (AvgIpc) is 2.75. The second-order valence-corrected chi connectivity index (χ2v) is 14.1. The van der Waals surface area contributed by atoms with E-state index in [4.69, 9.17) is 4.18 Å². The first kappa shape index (κ1) is 25.6. The van der Waals surface area contributed by atoms with Gasteiger partial charge in [0.05, 0.1) is 4.90 Å². The van der Waals surface area contributed by atoms with Gasteiger partial charge in [0.15, 0.2) is 0 Å². The standard InChI is InChI=1S/C23H26I2O6S2/c1-14-11-20(32(26,27)28)17-9-5-6-10-18(17)23(14)31-33(29,30)21-13-16(24)12-19(25)22(21)15-7-3-2-4-8-15/h11-13,15H,2-10H2,1H3,(H,26,27,28)/p-1. The van der Waals surface area contributed by atoms with Crippen LogP contribution in [0.4, 0.5) is 0 Å². The number of rotatable bonds is 5. The van der Waals surface area contributed by atoms with Gasteiger partial charge < -0.3 is 8.74 Å². The molecule has 0 heterocycles. The summed E-state index contributed by atoms with van der Waals surface area (Å²) in [4.78, 5) is -0.0682. The van der Waals surface area contributed by atoms with Crippen molar-refractivity contribution in [3.05, 3.63) is 47.6 Å². The highest BCUT2D eigenvalue weighted by Gasteiger charge is 2.31. The Bertz CT molecular complexity index is 1300. The molecule has 0 saturated heterocycles. The van der Waals surface area contributed by atoms with Crippen molar-refractivity contribution in [3.8, 4) is 5.75 Å². The highest BCUT2D eigenvalue weighted by molar-refractivity contribution is 14.1. The average molecular weight is 715 g/mol. The topological polar surface area (TPSA) is 101 Å². The van der Waals surface area contributed by atoms with Crippen molar-refractivity contribution in [2.75, 3.05) is 0 Å². The highest BCUT2D eigenvalue weighted by Crippen LogP contribution is 2.42. The van der Waals surface area contributed by atoms with Crippen molar-refractivity contribution in [2.45, 2.75) is 80.4 Å². The van der Waals surface area contributed by atoms with Crippen molar-refractivity contribution >= 4 is 65.4 Å². The molecule has 0 radical (unpaired) electrons. The molecule has 33 heavy (non-hydrogen) atoms. The van der Waals surface area contributed by atoms with E-state index in [0.717, 1.165) is 57.6 Å². The number of hydrogen-bond acceptors (Lipinski definition) is 6. The van der Waals surface area contributed by atoms with Crippen LogP contribution in [0.15, 0.2) is 28.0 Å². The van der Waals surface area contributed by atoms with Crippen LogP contribution in [0.2, 0.25) is 0 Å². The summed E-state index contributed by atoms with van der Waals surface area (Å²) in [6, 6.07) is 4.92. The molecule has 0 aliphatic heterocycles. The third-order valence-electron chi connectivity index (χ3n) is 6.55. The Hall–Kier alpha value is -0.440. The molecule has 0 atom stereocenters. The second-order valence-electron chi connectivity index (χ2n) is 8.81. The van der Waals surface area contributed by atoms with E-state index in [-0.39, 0.29) is 21.5 Å². The van der Waals surface area contributed by atoms with Crippen LogP contribution in [0.25, 0.3) is 0 Å². The van der Waals surface area contributed by atoms with Gasteiger partial charge in [0, 0.05) is 12.7 Å². The maximum absolute atomic E-state index is 13.7. The summed E-state index contributed by atoms with van der Waals surface area (Å²) < 4.78 is 70.4. The Morgan fingerprint density at radius 1 is 0.879 bits per heavy atom. The molecule has 1 saturated carbocycles. The lowest BCUT2D eigenvalue weighted by Crippen LogP contribution is -2.20. The molecular formula is C23H25I2O6S2-. The second kappa shape index (κ2) is 9.90. The largest absolute Gasteiger partial charge is 0.744 e. The molecule has 0 aromatic heterocycles. The maximum atomic E-state index is 13.7.